The molecule has 0 spiro atoms. The van der Waals surface area contributed by atoms with Crippen molar-refractivity contribution in [3.63, 3.8) is 0 Å². The maximum atomic E-state index is 5.81. The molecule has 1 aromatic carbocycles. The molecule has 0 N–H and O–H groups in total. The van der Waals surface area contributed by atoms with Crippen molar-refractivity contribution in [2.75, 3.05) is 25.0 Å². The zero-order valence-electron chi connectivity index (χ0n) is 11.4. The van der Waals surface area contributed by atoms with Crippen LogP contribution in [-0.4, -0.2) is 36.0 Å². The minimum Gasteiger partial charge on any atom is -0.493 e. The summed E-state index contributed by atoms with van der Waals surface area (Å²) in [6.07, 6.45) is 5.45. The molecular formula is C16H22BrNO. The SMILES string of the molecule is BrCC1CCCCCN1CC1COc2ccccc21. The van der Waals surface area contributed by atoms with Crippen molar-refractivity contribution in [2.45, 2.75) is 37.6 Å². The molecule has 2 unspecified atom stereocenters. The van der Waals surface area contributed by atoms with Crippen molar-refractivity contribution in [3.8, 4) is 5.75 Å². The number of alkyl halides is 1. The van der Waals surface area contributed by atoms with Crippen molar-refractivity contribution >= 4 is 15.9 Å². The lowest BCUT2D eigenvalue weighted by Gasteiger charge is -2.30. The largest absolute Gasteiger partial charge is 0.493 e. The van der Waals surface area contributed by atoms with Crippen molar-refractivity contribution < 1.29 is 4.74 Å². The monoisotopic (exact) mass is 323 g/mol. The Labute approximate surface area is 124 Å². The van der Waals surface area contributed by atoms with Gasteiger partial charge in [0, 0.05) is 29.4 Å². The standard InChI is InChI=1S/C16H22BrNO/c17-10-14-6-2-1-5-9-18(14)11-13-12-19-16-8-4-3-7-15(13)16/h3-4,7-8,13-14H,1-2,5-6,9-12H2. The smallest absolute Gasteiger partial charge is 0.122 e. The second-order valence-electron chi connectivity index (χ2n) is 5.70. The first kappa shape index (κ1) is 13.4. The van der Waals surface area contributed by atoms with Gasteiger partial charge in [0.2, 0.25) is 0 Å². The summed E-state index contributed by atoms with van der Waals surface area (Å²) < 4.78 is 5.81. The van der Waals surface area contributed by atoms with Crippen LogP contribution in [0.4, 0.5) is 0 Å². The zero-order chi connectivity index (χ0) is 13.1. The number of fused-ring (bicyclic) bond motifs is 1. The van der Waals surface area contributed by atoms with Gasteiger partial charge in [0.1, 0.15) is 5.75 Å². The van der Waals surface area contributed by atoms with E-state index in [0.29, 0.717) is 12.0 Å². The van der Waals surface area contributed by atoms with Crippen LogP contribution in [0.15, 0.2) is 24.3 Å². The minimum absolute atomic E-state index is 0.552. The highest BCUT2D eigenvalue weighted by atomic mass is 79.9. The fourth-order valence-corrected chi connectivity index (χ4v) is 4.05. The second kappa shape index (κ2) is 6.27. The predicted octanol–water partition coefficient (Wildman–Crippen LogP) is 3.80. The van der Waals surface area contributed by atoms with E-state index in [0.717, 1.165) is 24.2 Å². The summed E-state index contributed by atoms with van der Waals surface area (Å²) in [6, 6.07) is 9.22. The number of ether oxygens (including phenoxy) is 1. The van der Waals surface area contributed by atoms with Gasteiger partial charge in [-0.15, -0.1) is 0 Å². The first-order chi connectivity index (χ1) is 9.38. The summed E-state index contributed by atoms with van der Waals surface area (Å²) in [5.41, 5.74) is 1.40. The maximum absolute atomic E-state index is 5.81. The molecule has 104 valence electrons. The third kappa shape index (κ3) is 2.97. The van der Waals surface area contributed by atoms with Gasteiger partial charge in [-0.1, -0.05) is 47.0 Å². The molecule has 1 saturated heterocycles. The number of likely N-dealkylation sites (tertiary alicyclic amines) is 1. The molecule has 2 nitrogen and oxygen atoms in total. The summed E-state index contributed by atoms with van der Waals surface area (Å²) >= 11 is 3.69. The molecule has 3 rings (SSSR count). The number of hydrogen-bond donors (Lipinski definition) is 0. The summed E-state index contributed by atoms with van der Waals surface area (Å²) in [4.78, 5) is 2.68. The van der Waals surface area contributed by atoms with E-state index >= 15 is 0 Å². The molecule has 1 fully saturated rings. The van der Waals surface area contributed by atoms with Gasteiger partial charge >= 0.3 is 0 Å². The average molecular weight is 324 g/mol. The van der Waals surface area contributed by atoms with E-state index in [2.05, 4.69) is 45.1 Å². The first-order valence-electron chi connectivity index (χ1n) is 7.40. The van der Waals surface area contributed by atoms with Crippen LogP contribution in [0, 0.1) is 0 Å². The van der Waals surface area contributed by atoms with Gasteiger partial charge in [-0.2, -0.15) is 0 Å². The molecule has 2 heterocycles. The van der Waals surface area contributed by atoms with Crippen molar-refractivity contribution in [1.82, 2.24) is 4.90 Å². The molecule has 0 bridgehead atoms. The quantitative estimate of drug-likeness (QED) is 0.784. The van der Waals surface area contributed by atoms with Crippen molar-refractivity contribution in [1.29, 1.82) is 0 Å². The topological polar surface area (TPSA) is 12.5 Å². The molecule has 0 radical (unpaired) electrons. The summed E-state index contributed by atoms with van der Waals surface area (Å²) in [5.74, 6) is 1.65. The summed E-state index contributed by atoms with van der Waals surface area (Å²) in [5, 5.41) is 1.10. The van der Waals surface area contributed by atoms with Gasteiger partial charge in [0.05, 0.1) is 6.61 Å². The molecule has 0 saturated carbocycles. The number of nitrogens with zero attached hydrogens (tertiary/aromatic N) is 1. The van der Waals surface area contributed by atoms with E-state index < -0.39 is 0 Å². The van der Waals surface area contributed by atoms with Crippen LogP contribution in [0.3, 0.4) is 0 Å². The second-order valence-corrected chi connectivity index (χ2v) is 6.35. The predicted molar refractivity (Wildman–Crippen MR) is 82.3 cm³/mol. The molecule has 2 atom stereocenters. The Balaban J connectivity index is 1.70. The van der Waals surface area contributed by atoms with E-state index in [1.165, 1.54) is 37.8 Å². The van der Waals surface area contributed by atoms with Crippen LogP contribution in [0.25, 0.3) is 0 Å². The molecule has 0 amide bonds. The van der Waals surface area contributed by atoms with E-state index in [4.69, 9.17) is 4.74 Å². The molecular weight excluding hydrogens is 302 g/mol. The van der Waals surface area contributed by atoms with Gasteiger partial charge < -0.3 is 4.74 Å². The zero-order valence-corrected chi connectivity index (χ0v) is 12.9. The van der Waals surface area contributed by atoms with Gasteiger partial charge in [0.25, 0.3) is 0 Å². The van der Waals surface area contributed by atoms with E-state index in [-0.39, 0.29) is 0 Å². The van der Waals surface area contributed by atoms with Gasteiger partial charge in [-0.3, -0.25) is 4.90 Å². The van der Waals surface area contributed by atoms with Crippen LogP contribution in [0.1, 0.15) is 37.2 Å². The molecule has 0 aromatic heterocycles. The highest BCUT2D eigenvalue weighted by Gasteiger charge is 2.28. The Morgan fingerprint density at radius 3 is 3.00 bits per heavy atom. The Morgan fingerprint density at radius 2 is 2.11 bits per heavy atom. The molecule has 2 aliphatic rings. The Hall–Kier alpha value is -0.540. The lowest BCUT2D eigenvalue weighted by Crippen LogP contribution is -2.39. The molecule has 0 aliphatic carbocycles. The van der Waals surface area contributed by atoms with Crippen LogP contribution in [0.2, 0.25) is 0 Å². The molecule has 2 aliphatic heterocycles. The van der Waals surface area contributed by atoms with E-state index in [9.17, 15) is 0 Å². The lowest BCUT2D eigenvalue weighted by molar-refractivity contribution is 0.191. The summed E-state index contributed by atoms with van der Waals surface area (Å²) in [6.45, 7) is 3.24. The van der Waals surface area contributed by atoms with E-state index in [1.54, 1.807) is 0 Å². The molecule has 19 heavy (non-hydrogen) atoms. The fourth-order valence-electron chi connectivity index (χ4n) is 3.32. The van der Waals surface area contributed by atoms with Gasteiger partial charge in [0.15, 0.2) is 0 Å². The van der Waals surface area contributed by atoms with Crippen molar-refractivity contribution in [2.24, 2.45) is 0 Å². The van der Waals surface area contributed by atoms with Crippen molar-refractivity contribution in [3.05, 3.63) is 29.8 Å². The number of para-hydroxylation sites is 1. The Kier molecular flexibility index (Phi) is 4.44. The van der Waals surface area contributed by atoms with Crippen LogP contribution in [-0.2, 0) is 0 Å². The maximum Gasteiger partial charge on any atom is 0.122 e. The fraction of sp³-hybridized carbons (Fsp3) is 0.625. The first-order valence-corrected chi connectivity index (χ1v) is 8.52. The van der Waals surface area contributed by atoms with E-state index in [1.807, 2.05) is 0 Å². The van der Waals surface area contributed by atoms with Crippen LogP contribution in [0.5, 0.6) is 5.75 Å². The third-order valence-electron chi connectivity index (χ3n) is 4.43. The number of halogens is 1. The molecule has 3 heteroatoms. The van der Waals surface area contributed by atoms with Gasteiger partial charge in [-0.25, -0.2) is 0 Å². The summed E-state index contributed by atoms with van der Waals surface area (Å²) in [7, 11) is 0. The normalized spacial score (nSPS) is 27.6. The van der Waals surface area contributed by atoms with Crippen LogP contribution >= 0.6 is 15.9 Å². The number of benzene rings is 1. The third-order valence-corrected chi connectivity index (χ3v) is 5.18. The number of hydrogen-bond acceptors (Lipinski definition) is 2. The van der Waals surface area contributed by atoms with Crippen LogP contribution < -0.4 is 4.74 Å². The Bertz CT molecular complexity index is 423. The Morgan fingerprint density at radius 1 is 1.21 bits per heavy atom. The van der Waals surface area contributed by atoms with Gasteiger partial charge in [-0.05, 0) is 25.5 Å². The lowest BCUT2D eigenvalue weighted by atomic mass is 10.00. The highest BCUT2D eigenvalue weighted by molar-refractivity contribution is 9.09. The average Bonchev–Trinajstić information content (AvgIpc) is 2.71. The highest BCUT2D eigenvalue weighted by Crippen LogP contribution is 2.34. The minimum atomic E-state index is 0.552. The number of rotatable bonds is 3. The molecule has 1 aromatic rings.